The SMILES string of the molecule is CC(C)C1CC[C@]2(C)C(CC[C@@]3(C)C4=CC(C)(C)CC[C@]4(C)CCC23)[C@]1(C)CCC(=O)O. The Kier molecular flexibility index (Phi) is 5.79. The molecule has 3 saturated carbocycles. The zero-order valence-corrected chi connectivity index (χ0v) is 22.3. The molecule has 0 aromatic rings. The van der Waals surface area contributed by atoms with Gasteiger partial charge in [-0.1, -0.05) is 67.0 Å². The number of aliphatic carboxylic acids is 1. The number of fused-ring (bicyclic) bond motifs is 5. The first-order valence-corrected chi connectivity index (χ1v) is 13.6. The van der Waals surface area contributed by atoms with Crippen molar-refractivity contribution < 1.29 is 9.90 Å². The topological polar surface area (TPSA) is 37.3 Å². The predicted molar refractivity (Wildman–Crippen MR) is 133 cm³/mol. The van der Waals surface area contributed by atoms with Gasteiger partial charge in [-0.2, -0.15) is 0 Å². The van der Waals surface area contributed by atoms with Crippen LogP contribution in [0.4, 0.5) is 0 Å². The largest absolute Gasteiger partial charge is 0.481 e. The van der Waals surface area contributed by atoms with Crippen molar-refractivity contribution in [1.29, 1.82) is 0 Å². The molecule has 0 aromatic carbocycles. The molecule has 2 nitrogen and oxygen atoms in total. The van der Waals surface area contributed by atoms with Crippen LogP contribution in [-0.4, -0.2) is 11.1 Å². The molecule has 0 aliphatic heterocycles. The Morgan fingerprint density at radius 1 is 0.938 bits per heavy atom. The normalized spacial score (nSPS) is 47.8. The van der Waals surface area contributed by atoms with E-state index in [1.54, 1.807) is 5.57 Å². The van der Waals surface area contributed by atoms with E-state index in [9.17, 15) is 9.90 Å². The van der Waals surface area contributed by atoms with Crippen LogP contribution >= 0.6 is 0 Å². The molecule has 182 valence electrons. The maximum absolute atomic E-state index is 11.6. The van der Waals surface area contributed by atoms with Crippen molar-refractivity contribution in [2.45, 2.75) is 120 Å². The Labute approximate surface area is 198 Å². The molecule has 0 spiro atoms. The van der Waals surface area contributed by atoms with E-state index in [1.807, 2.05) is 0 Å². The summed E-state index contributed by atoms with van der Waals surface area (Å²) < 4.78 is 0. The number of carboxylic acid groups (broad SMARTS) is 1. The monoisotopic (exact) mass is 442 g/mol. The van der Waals surface area contributed by atoms with Crippen LogP contribution in [0.25, 0.3) is 0 Å². The molecular formula is C30H50O2. The lowest BCUT2D eigenvalue weighted by atomic mass is 9.35. The maximum Gasteiger partial charge on any atom is 0.303 e. The van der Waals surface area contributed by atoms with Crippen LogP contribution in [0.1, 0.15) is 120 Å². The molecule has 0 saturated heterocycles. The second-order valence-corrected chi connectivity index (χ2v) is 14.5. The first-order chi connectivity index (χ1) is 14.7. The molecule has 3 fully saturated rings. The minimum absolute atomic E-state index is 0.141. The van der Waals surface area contributed by atoms with Crippen molar-refractivity contribution in [2.24, 2.45) is 50.7 Å². The van der Waals surface area contributed by atoms with Crippen LogP contribution in [0, 0.1) is 50.7 Å². The minimum Gasteiger partial charge on any atom is -0.481 e. The lowest BCUT2D eigenvalue weighted by molar-refractivity contribution is -0.175. The van der Waals surface area contributed by atoms with Gasteiger partial charge in [0.05, 0.1) is 0 Å². The first-order valence-electron chi connectivity index (χ1n) is 13.6. The van der Waals surface area contributed by atoms with E-state index in [0.29, 0.717) is 45.8 Å². The summed E-state index contributed by atoms with van der Waals surface area (Å²) in [5.41, 5.74) is 3.30. The fraction of sp³-hybridized carbons (Fsp3) is 0.900. The Balaban J connectivity index is 1.75. The fourth-order valence-corrected chi connectivity index (χ4v) is 10.2. The summed E-state index contributed by atoms with van der Waals surface area (Å²) in [7, 11) is 0. The van der Waals surface area contributed by atoms with Gasteiger partial charge in [-0.3, -0.25) is 4.79 Å². The summed E-state index contributed by atoms with van der Waals surface area (Å²) in [6.45, 7) is 19.9. The average Bonchev–Trinajstić information content (AvgIpc) is 2.67. The second-order valence-electron chi connectivity index (χ2n) is 14.5. The quantitative estimate of drug-likeness (QED) is 0.443. The highest BCUT2D eigenvalue weighted by molar-refractivity contribution is 5.66. The fourth-order valence-electron chi connectivity index (χ4n) is 10.2. The summed E-state index contributed by atoms with van der Waals surface area (Å²) >= 11 is 0. The second kappa shape index (κ2) is 7.61. The van der Waals surface area contributed by atoms with E-state index in [2.05, 4.69) is 61.5 Å². The van der Waals surface area contributed by atoms with Crippen LogP contribution in [0.5, 0.6) is 0 Å². The molecule has 0 radical (unpaired) electrons. The number of hydrogen-bond acceptors (Lipinski definition) is 1. The van der Waals surface area contributed by atoms with Crippen LogP contribution in [-0.2, 0) is 4.79 Å². The van der Waals surface area contributed by atoms with Gasteiger partial charge in [-0.25, -0.2) is 0 Å². The molecule has 0 amide bonds. The lowest BCUT2D eigenvalue weighted by Gasteiger charge is -2.69. The van der Waals surface area contributed by atoms with Crippen molar-refractivity contribution in [2.75, 3.05) is 0 Å². The van der Waals surface area contributed by atoms with Crippen molar-refractivity contribution in [3.05, 3.63) is 11.6 Å². The number of hydrogen-bond donors (Lipinski definition) is 1. The van der Waals surface area contributed by atoms with Gasteiger partial charge in [0.2, 0.25) is 0 Å². The summed E-state index contributed by atoms with van der Waals surface area (Å²) in [5.74, 6) is 2.04. The zero-order valence-electron chi connectivity index (χ0n) is 22.3. The molecule has 2 heteroatoms. The van der Waals surface area contributed by atoms with Crippen LogP contribution < -0.4 is 0 Å². The summed E-state index contributed by atoms with van der Waals surface area (Å²) in [5, 5.41) is 9.57. The highest BCUT2D eigenvalue weighted by Gasteiger charge is 2.65. The zero-order chi connectivity index (χ0) is 23.7. The van der Waals surface area contributed by atoms with Crippen LogP contribution in [0.2, 0.25) is 0 Å². The first kappa shape index (κ1) is 24.3. The Hall–Kier alpha value is -0.790. The van der Waals surface area contributed by atoms with Gasteiger partial charge in [-0.05, 0) is 109 Å². The van der Waals surface area contributed by atoms with E-state index in [1.165, 1.54) is 51.4 Å². The summed E-state index contributed by atoms with van der Waals surface area (Å²) in [4.78, 5) is 11.6. The van der Waals surface area contributed by atoms with E-state index in [4.69, 9.17) is 0 Å². The molecule has 0 aromatic heterocycles. The number of rotatable bonds is 4. The molecule has 1 N–H and O–H groups in total. The number of carboxylic acids is 1. The standard InChI is InChI=1S/C30H50O2/c1-20(2)21-9-14-29(7)22(28(21,6)16-12-25(31)32)11-15-30(8)23(29)10-13-27(5)18-17-26(3,4)19-24(27)30/h19-23H,9-18H2,1-8H3,(H,31,32)/t21?,22?,23?,27-,28+,29+,30+/m0/s1. The summed E-state index contributed by atoms with van der Waals surface area (Å²) in [6.07, 6.45) is 14.4. The van der Waals surface area contributed by atoms with Gasteiger partial charge in [0.1, 0.15) is 0 Å². The smallest absolute Gasteiger partial charge is 0.303 e. The van der Waals surface area contributed by atoms with Gasteiger partial charge in [0.25, 0.3) is 0 Å². The molecule has 4 aliphatic carbocycles. The van der Waals surface area contributed by atoms with Gasteiger partial charge in [0, 0.05) is 6.42 Å². The van der Waals surface area contributed by atoms with E-state index >= 15 is 0 Å². The summed E-state index contributed by atoms with van der Waals surface area (Å²) in [6, 6.07) is 0. The molecule has 0 bridgehead atoms. The molecule has 7 atom stereocenters. The number of allylic oxidation sites excluding steroid dienone is 2. The van der Waals surface area contributed by atoms with Gasteiger partial charge in [-0.15, -0.1) is 0 Å². The molecule has 4 rings (SSSR count). The van der Waals surface area contributed by atoms with Crippen LogP contribution in [0.15, 0.2) is 11.6 Å². The van der Waals surface area contributed by atoms with Crippen molar-refractivity contribution >= 4 is 5.97 Å². The Morgan fingerprint density at radius 3 is 2.22 bits per heavy atom. The van der Waals surface area contributed by atoms with E-state index in [-0.39, 0.29) is 5.41 Å². The molecule has 0 heterocycles. The van der Waals surface area contributed by atoms with E-state index < -0.39 is 5.97 Å². The van der Waals surface area contributed by atoms with Crippen molar-refractivity contribution in [1.82, 2.24) is 0 Å². The Morgan fingerprint density at radius 2 is 1.59 bits per heavy atom. The van der Waals surface area contributed by atoms with Gasteiger partial charge < -0.3 is 5.11 Å². The third kappa shape index (κ3) is 3.52. The maximum atomic E-state index is 11.6. The van der Waals surface area contributed by atoms with Crippen LogP contribution in [0.3, 0.4) is 0 Å². The molecular weight excluding hydrogens is 392 g/mol. The lowest BCUT2D eigenvalue weighted by Crippen LogP contribution is -2.61. The Bertz CT molecular complexity index is 793. The molecule has 4 aliphatic rings. The third-order valence-corrected chi connectivity index (χ3v) is 11.7. The number of carbonyl (C=O) groups is 1. The molecule has 32 heavy (non-hydrogen) atoms. The predicted octanol–water partition coefficient (Wildman–Crippen LogP) is 8.51. The third-order valence-electron chi connectivity index (χ3n) is 11.7. The average molecular weight is 443 g/mol. The van der Waals surface area contributed by atoms with E-state index in [0.717, 1.165) is 12.3 Å². The van der Waals surface area contributed by atoms with Gasteiger partial charge >= 0.3 is 5.97 Å². The van der Waals surface area contributed by atoms with Crippen molar-refractivity contribution in [3.8, 4) is 0 Å². The highest BCUT2D eigenvalue weighted by atomic mass is 16.4. The van der Waals surface area contributed by atoms with Gasteiger partial charge in [0.15, 0.2) is 0 Å². The highest BCUT2D eigenvalue weighted by Crippen LogP contribution is 2.73. The molecule has 3 unspecified atom stereocenters. The minimum atomic E-state index is -0.621. The van der Waals surface area contributed by atoms with Crippen molar-refractivity contribution in [3.63, 3.8) is 0 Å².